The summed E-state index contributed by atoms with van der Waals surface area (Å²) in [5.41, 5.74) is 1.81. The lowest BCUT2D eigenvalue weighted by Crippen LogP contribution is -2.16. The topological polar surface area (TPSA) is 73.9 Å². The maximum Gasteiger partial charge on any atom is 0.339 e. The number of carbonyl (C=O) groups is 2. The van der Waals surface area contributed by atoms with Crippen LogP contribution in [-0.2, 0) is 4.74 Å². The number of hydrogen-bond acceptors (Lipinski definition) is 5. The largest absolute Gasteiger partial charge is 0.493 e. The van der Waals surface area contributed by atoms with Gasteiger partial charge in [0.05, 0.1) is 32.6 Å². The summed E-state index contributed by atoms with van der Waals surface area (Å²) >= 11 is 0. The monoisotopic (exact) mass is 329 g/mol. The van der Waals surface area contributed by atoms with E-state index in [1.165, 1.54) is 21.3 Å². The van der Waals surface area contributed by atoms with E-state index in [0.717, 1.165) is 5.56 Å². The number of para-hydroxylation sites is 1. The lowest BCUT2D eigenvalue weighted by atomic mass is 10.1. The predicted octanol–water partition coefficient (Wildman–Crippen LogP) is 3.05. The highest BCUT2D eigenvalue weighted by Crippen LogP contribution is 2.30. The van der Waals surface area contributed by atoms with Gasteiger partial charge < -0.3 is 19.5 Å². The highest BCUT2D eigenvalue weighted by Gasteiger charge is 2.17. The molecule has 0 spiro atoms. The van der Waals surface area contributed by atoms with Crippen molar-refractivity contribution in [3.63, 3.8) is 0 Å². The molecule has 2 rings (SSSR count). The second kappa shape index (κ2) is 7.50. The molecule has 2 aromatic carbocycles. The molecule has 0 aliphatic carbocycles. The fourth-order valence-electron chi connectivity index (χ4n) is 2.29. The van der Waals surface area contributed by atoms with Crippen LogP contribution >= 0.6 is 0 Å². The summed E-state index contributed by atoms with van der Waals surface area (Å²) in [5.74, 6) is 0.121. The van der Waals surface area contributed by atoms with Crippen molar-refractivity contribution >= 4 is 17.6 Å². The smallest absolute Gasteiger partial charge is 0.339 e. The Kier molecular flexibility index (Phi) is 5.42. The molecular weight excluding hydrogens is 310 g/mol. The Bertz CT molecular complexity index is 770. The normalized spacial score (nSPS) is 10.0. The lowest BCUT2D eigenvalue weighted by molar-refractivity contribution is 0.0602. The maximum atomic E-state index is 12.6. The van der Waals surface area contributed by atoms with E-state index < -0.39 is 5.97 Å². The number of methoxy groups -OCH3 is 3. The van der Waals surface area contributed by atoms with E-state index in [1.54, 1.807) is 43.3 Å². The molecule has 0 saturated carbocycles. The first-order valence-corrected chi connectivity index (χ1v) is 7.23. The highest BCUT2D eigenvalue weighted by atomic mass is 16.5. The van der Waals surface area contributed by atoms with Gasteiger partial charge in [0.15, 0.2) is 11.5 Å². The van der Waals surface area contributed by atoms with Crippen molar-refractivity contribution in [2.75, 3.05) is 26.6 Å². The molecule has 6 nitrogen and oxygen atoms in total. The van der Waals surface area contributed by atoms with Crippen LogP contribution in [0.4, 0.5) is 5.69 Å². The van der Waals surface area contributed by atoms with E-state index in [0.29, 0.717) is 22.7 Å². The van der Waals surface area contributed by atoms with Gasteiger partial charge >= 0.3 is 5.97 Å². The van der Waals surface area contributed by atoms with Gasteiger partial charge in [-0.05, 0) is 36.8 Å². The highest BCUT2D eigenvalue weighted by molar-refractivity contribution is 6.09. The van der Waals surface area contributed by atoms with Crippen LogP contribution in [-0.4, -0.2) is 33.2 Å². The van der Waals surface area contributed by atoms with Gasteiger partial charge in [0, 0.05) is 5.56 Å². The van der Waals surface area contributed by atoms with E-state index in [9.17, 15) is 9.59 Å². The fraction of sp³-hybridized carbons (Fsp3) is 0.222. The molecule has 0 aliphatic heterocycles. The average molecular weight is 329 g/mol. The molecule has 0 fully saturated rings. The second-order valence-corrected chi connectivity index (χ2v) is 5.01. The van der Waals surface area contributed by atoms with Gasteiger partial charge in [-0.3, -0.25) is 4.79 Å². The summed E-state index contributed by atoms with van der Waals surface area (Å²) in [5, 5.41) is 2.74. The minimum Gasteiger partial charge on any atom is -0.493 e. The molecule has 24 heavy (non-hydrogen) atoms. The first-order valence-electron chi connectivity index (χ1n) is 7.23. The molecule has 0 heterocycles. The first kappa shape index (κ1) is 17.3. The summed E-state index contributed by atoms with van der Waals surface area (Å²) in [6, 6.07) is 9.97. The molecule has 2 aromatic rings. The summed E-state index contributed by atoms with van der Waals surface area (Å²) < 4.78 is 15.2. The van der Waals surface area contributed by atoms with Gasteiger partial charge in [0.1, 0.15) is 0 Å². The Morgan fingerprint density at radius 2 is 1.54 bits per heavy atom. The predicted molar refractivity (Wildman–Crippen MR) is 90.0 cm³/mol. The number of esters is 1. The van der Waals surface area contributed by atoms with Crippen molar-refractivity contribution in [1.29, 1.82) is 0 Å². The van der Waals surface area contributed by atoms with Crippen LogP contribution in [0.1, 0.15) is 26.3 Å². The number of amides is 1. The molecule has 1 amide bonds. The molecule has 6 heteroatoms. The standard InChI is InChI=1S/C18H19NO5/c1-11-9-15(22-2)16(23-3)10-13(11)17(20)19-14-8-6-5-7-12(14)18(21)24-4/h5-10H,1-4H3,(H,19,20). The van der Waals surface area contributed by atoms with Crippen LogP contribution in [0.25, 0.3) is 0 Å². The molecule has 0 radical (unpaired) electrons. The fourth-order valence-corrected chi connectivity index (χ4v) is 2.29. The molecule has 126 valence electrons. The molecule has 1 N–H and O–H groups in total. The second-order valence-electron chi connectivity index (χ2n) is 5.01. The number of ether oxygens (including phenoxy) is 3. The molecule has 0 saturated heterocycles. The zero-order chi connectivity index (χ0) is 17.7. The van der Waals surface area contributed by atoms with Crippen molar-refractivity contribution in [3.8, 4) is 11.5 Å². The minimum atomic E-state index is -0.519. The van der Waals surface area contributed by atoms with Crippen LogP contribution in [0, 0.1) is 6.92 Å². The van der Waals surface area contributed by atoms with Gasteiger partial charge in [-0.2, -0.15) is 0 Å². The van der Waals surface area contributed by atoms with E-state index >= 15 is 0 Å². The Labute approximate surface area is 140 Å². The van der Waals surface area contributed by atoms with Gasteiger partial charge in [0.2, 0.25) is 0 Å². The molecule has 0 unspecified atom stereocenters. The summed E-state index contributed by atoms with van der Waals surface area (Å²) in [6.07, 6.45) is 0. The van der Waals surface area contributed by atoms with E-state index in [1.807, 2.05) is 0 Å². The SMILES string of the molecule is COC(=O)c1ccccc1NC(=O)c1cc(OC)c(OC)cc1C. The molecular formula is C18H19NO5. The molecule has 0 aliphatic rings. The van der Waals surface area contributed by atoms with Gasteiger partial charge in [0.25, 0.3) is 5.91 Å². The van der Waals surface area contributed by atoms with Gasteiger partial charge in [-0.1, -0.05) is 12.1 Å². The van der Waals surface area contributed by atoms with Crippen molar-refractivity contribution in [1.82, 2.24) is 0 Å². The summed E-state index contributed by atoms with van der Waals surface area (Å²) in [4.78, 5) is 24.4. The van der Waals surface area contributed by atoms with Crippen LogP contribution in [0.2, 0.25) is 0 Å². The first-order chi connectivity index (χ1) is 11.5. The summed E-state index contributed by atoms with van der Waals surface area (Å²) in [6.45, 7) is 1.79. The Balaban J connectivity index is 2.36. The Morgan fingerprint density at radius 1 is 0.917 bits per heavy atom. The quantitative estimate of drug-likeness (QED) is 0.854. The average Bonchev–Trinajstić information content (AvgIpc) is 2.61. The summed E-state index contributed by atoms with van der Waals surface area (Å²) in [7, 11) is 4.32. The lowest BCUT2D eigenvalue weighted by Gasteiger charge is -2.14. The number of nitrogens with one attached hydrogen (secondary N) is 1. The van der Waals surface area contributed by atoms with Crippen molar-refractivity contribution in [3.05, 3.63) is 53.1 Å². The van der Waals surface area contributed by atoms with Crippen molar-refractivity contribution < 1.29 is 23.8 Å². The minimum absolute atomic E-state index is 0.284. The van der Waals surface area contributed by atoms with E-state index in [2.05, 4.69) is 5.32 Å². The molecule has 0 bridgehead atoms. The number of carbonyl (C=O) groups excluding carboxylic acids is 2. The van der Waals surface area contributed by atoms with Crippen LogP contribution < -0.4 is 14.8 Å². The van der Waals surface area contributed by atoms with Crippen LogP contribution in [0.5, 0.6) is 11.5 Å². The Hall–Kier alpha value is -3.02. The zero-order valence-electron chi connectivity index (χ0n) is 14.0. The van der Waals surface area contributed by atoms with E-state index in [-0.39, 0.29) is 11.5 Å². The van der Waals surface area contributed by atoms with Crippen LogP contribution in [0.3, 0.4) is 0 Å². The number of hydrogen-bond donors (Lipinski definition) is 1. The third-order valence-electron chi connectivity index (χ3n) is 3.56. The van der Waals surface area contributed by atoms with E-state index in [4.69, 9.17) is 14.2 Å². The number of benzene rings is 2. The zero-order valence-corrected chi connectivity index (χ0v) is 14.0. The molecule has 0 aromatic heterocycles. The van der Waals surface area contributed by atoms with Crippen LogP contribution in [0.15, 0.2) is 36.4 Å². The number of rotatable bonds is 5. The number of aryl methyl sites for hydroxylation is 1. The van der Waals surface area contributed by atoms with Gasteiger partial charge in [-0.15, -0.1) is 0 Å². The molecule has 0 atom stereocenters. The third-order valence-corrected chi connectivity index (χ3v) is 3.56. The van der Waals surface area contributed by atoms with Crippen molar-refractivity contribution in [2.24, 2.45) is 0 Å². The third kappa shape index (κ3) is 3.48. The van der Waals surface area contributed by atoms with Crippen molar-refractivity contribution in [2.45, 2.75) is 6.92 Å². The Morgan fingerprint density at radius 3 is 2.17 bits per heavy atom. The number of anilines is 1. The van der Waals surface area contributed by atoms with Gasteiger partial charge in [-0.25, -0.2) is 4.79 Å². The maximum absolute atomic E-state index is 12.6.